The van der Waals surface area contributed by atoms with Crippen LogP contribution in [0.15, 0.2) is 30.3 Å². The topological polar surface area (TPSA) is 90.9 Å². The molecular formula is C22H36NO6P. The summed E-state index contributed by atoms with van der Waals surface area (Å²) in [6.07, 6.45) is -0.509. The van der Waals surface area contributed by atoms with E-state index in [-0.39, 0.29) is 25.6 Å². The van der Waals surface area contributed by atoms with Crippen LogP contribution in [0.4, 0.5) is 4.79 Å². The molecule has 0 aliphatic carbocycles. The molecule has 0 bridgehead atoms. The van der Waals surface area contributed by atoms with Crippen LogP contribution in [0.2, 0.25) is 0 Å². The molecule has 2 atom stereocenters. The van der Waals surface area contributed by atoms with Crippen LogP contribution in [0.5, 0.6) is 0 Å². The molecule has 0 fully saturated rings. The van der Waals surface area contributed by atoms with Gasteiger partial charge in [0.15, 0.2) is 0 Å². The Balaban J connectivity index is 3.07. The van der Waals surface area contributed by atoms with E-state index in [0.717, 1.165) is 5.56 Å². The van der Waals surface area contributed by atoms with Crippen LogP contribution < -0.4 is 5.32 Å². The molecule has 1 N–H and O–H groups in total. The van der Waals surface area contributed by atoms with Crippen molar-refractivity contribution < 1.29 is 28.2 Å². The first-order valence-electron chi connectivity index (χ1n) is 10.2. The van der Waals surface area contributed by atoms with Crippen LogP contribution in [-0.2, 0) is 29.8 Å². The van der Waals surface area contributed by atoms with Crippen molar-refractivity contribution in [2.24, 2.45) is 0 Å². The number of rotatable bonds is 9. The standard InChI is InChI=1S/C22H36NO6P/c1-8-27-30(26,15-14-19(24)28-21(2,3)4)18(16-17-12-10-9-11-13-17)23-20(25)29-22(5,6)7/h9-13,18H,8,14-16H2,1-7H3,(H,23,25)/t18-,30?/m1/s1. The third-order valence-corrected chi connectivity index (χ3v) is 6.63. The summed E-state index contributed by atoms with van der Waals surface area (Å²) in [4.78, 5) is 24.6. The van der Waals surface area contributed by atoms with Gasteiger partial charge in [0.25, 0.3) is 0 Å². The highest BCUT2D eigenvalue weighted by atomic mass is 31.2. The number of alkyl carbamates (subject to hydrolysis) is 1. The normalized spacial score (nSPS) is 15.0. The summed E-state index contributed by atoms with van der Waals surface area (Å²) in [7, 11) is -3.45. The van der Waals surface area contributed by atoms with Crippen LogP contribution in [0.1, 0.15) is 60.5 Å². The molecule has 30 heavy (non-hydrogen) atoms. The van der Waals surface area contributed by atoms with Gasteiger partial charge in [0.05, 0.1) is 13.0 Å². The predicted octanol–water partition coefficient (Wildman–Crippen LogP) is 5.13. The Hall–Kier alpha value is -1.85. The number of benzene rings is 1. The molecule has 170 valence electrons. The number of nitrogens with one attached hydrogen (secondary N) is 1. The quantitative estimate of drug-likeness (QED) is 0.422. The summed E-state index contributed by atoms with van der Waals surface area (Å²) < 4.78 is 30.1. The maximum absolute atomic E-state index is 13.8. The van der Waals surface area contributed by atoms with Gasteiger partial charge in [-0.05, 0) is 54.0 Å². The number of amides is 1. The van der Waals surface area contributed by atoms with Gasteiger partial charge in [0, 0.05) is 12.6 Å². The van der Waals surface area contributed by atoms with Crippen molar-refractivity contribution in [3.8, 4) is 0 Å². The molecule has 0 spiro atoms. The van der Waals surface area contributed by atoms with Crippen molar-refractivity contribution in [3.63, 3.8) is 0 Å². The molecule has 1 rings (SSSR count). The third-order valence-electron chi connectivity index (χ3n) is 3.83. The number of ether oxygens (including phenoxy) is 2. The summed E-state index contributed by atoms with van der Waals surface area (Å²) in [5, 5.41) is 2.72. The predicted molar refractivity (Wildman–Crippen MR) is 118 cm³/mol. The zero-order chi connectivity index (χ0) is 23.0. The lowest BCUT2D eigenvalue weighted by molar-refractivity contribution is -0.154. The van der Waals surface area contributed by atoms with Gasteiger partial charge >= 0.3 is 12.1 Å². The fourth-order valence-corrected chi connectivity index (χ4v) is 5.08. The molecule has 7 nitrogen and oxygen atoms in total. The number of esters is 1. The summed E-state index contributed by atoms with van der Waals surface area (Å²) in [6.45, 7) is 12.5. The number of hydrogen-bond donors (Lipinski definition) is 1. The third kappa shape index (κ3) is 10.3. The van der Waals surface area contributed by atoms with E-state index >= 15 is 0 Å². The Kier molecular flexibility index (Phi) is 9.57. The molecule has 1 amide bonds. The first-order chi connectivity index (χ1) is 13.7. The highest BCUT2D eigenvalue weighted by Gasteiger charge is 2.37. The molecule has 1 aromatic carbocycles. The number of hydrogen-bond acceptors (Lipinski definition) is 6. The minimum Gasteiger partial charge on any atom is -0.460 e. The molecule has 8 heteroatoms. The monoisotopic (exact) mass is 441 g/mol. The summed E-state index contributed by atoms with van der Waals surface area (Å²) >= 11 is 0. The van der Waals surface area contributed by atoms with E-state index in [2.05, 4.69) is 5.32 Å². The lowest BCUT2D eigenvalue weighted by Gasteiger charge is -2.30. The lowest BCUT2D eigenvalue weighted by Crippen LogP contribution is -2.41. The largest absolute Gasteiger partial charge is 0.460 e. The minimum atomic E-state index is -3.45. The van der Waals surface area contributed by atoms with Crippen LogP contribution in [0, 0.1) is 0 Å². The molecule has 0 heterocycles. The van der Waals surface area contributed by atoms with Crippen LogP contribution in [-0.4, -0.2) is 41.8 Å². The highest BCUT2D eigenvalue weighted by Crippen LogP contribution is 2.52. The molecule has 1 unspecified atom stereocenters. The Morgan fingerprint density at radius 1 is 1.00 bits per heavy atom. The Bertz CT molecular complexity index is 736. The molecular weight excluding hydrogens is 405 g/mol. The lowest BCUT2D eigenvalue weighted by atomic mass is 10.1. The zero-order valence-electron chi connectivity index (χ0n) is 19.2. The molecule has 1 aromatic rings. The smallest absolute Gasteiger partial charge is 0.408 e. The maximum atomic E-state index is 13.8. The van der Waals surface area contributed by atoms with Crippen LogP contribution in [0.25, 0.3) is 0 Å². The molecule has 0 aliphatic rings. The molecule has 0 radical (unpaired) electrons. The fourth-order valence-electron chi connectivity index (χ4n) is 2.74. The second-order valence-corrected chi connectivity index (χ2v) is 11.8. The van der Waals surface area contributed by atoms with Crippen molar-refractivity contribution in [1.82, 2.24) is 5.32 Å². The van der Waals surface area contributed by atoms with Gasteiger partial charge < -0.3 is 19.3 Å². The van der Waals surface area contributed by atoms with Gasteiger partial charge in [-0.3, -0.25) is 9.36 Å². The fraction of sp³-hybridized carbons (Fsp3) is 0.636. The van der Waals surface area contributed by atoms with E-state index in [1.54, 1.807) is 48.5 Å². The van der Waals surface area contributed by atoms with E-state index in [0.29, 0.717) is 0 Å². The first kappa shape index (κ1) is 26.2. The molecule has 0 saturated carbocycles. The molecule has 0 saturated heterocycles. The van der Waals surface area contributed by atoms with Crippen LogP contribution in [0.3, 0.4) is 0 Å². The minimum absolute atomic E-state index is 0.0386. The van der Waals surface area contributed by atoms with Crippen molar-refractivity contribution in [2.75, 3.05) is 12.8 Å². The van der Waals surface area contributed by atoms with Gasteiger partial charge in [-0.1, -0.05) is 30.3 Å². The summed E-state index contributed by atoms with van der Waals surface area (Å²) in [6, 6.07) is 9.38. The van der Waals surface area contributed by atoms with Crippen molar-refractivity contribution >= 4 is 19.4 Å². The summed E-state index contributed by atoms with van der Waals surface area (Å²) in [5.74, 6) is -1.30. The van der Waals surface area contributed by atoms with E-state index in [4.69, 9.17) is 14.0 Å². The Labute approximate surface area is 180 Å². The average molecular weight is 442 g/mol. The van der Waals surface area contributed by atoms with Crippen molar-refractivity contribution in [1.29, 1.82) is 0 Å². The van der Waals surface area contributed by atoms with E-state index in [9.17, 15) is 14.2 Å². The average Bonchev–Trinajstić information content (AvgIpc) is 2.57. The first-order valence-corrected chi connectivity index (χ1v) is 12.1. The van der Waals surface area contributed by atoms with Gasteiger partial charge in [-0.2, -0.15) is 0 Å². The van der Waals surface area contributed by atoms with Gasteiger partial charge in [0.2, 0.25) is 7.37 Å². The van der Waals surface area contributed by atoms with E-state index in [1.165, 1.54) is 0 Å². The number of carbonyl (C=O) groups excluding carboxylic acids is 2. The SMILES string of the molecule is CCOP(=O)(CCC(=O)OC(C)(C)C)[C@H](Cc1ccccc1)NC(=O)OC(C)(C)C. The van der Waals surface area contributed by atoms with Gasteiger partial charge in [-0.15, -0.1) is 0 Å². The number of carbonyl (C=O) groups is 2. The molecule has 0 aliphatic heterocycles. The van der Waals surface area contributed by atoms with Crippen LogP contribution >= 0.6 is 7.37 Å². The van der Waals surface area contributed by atoms with E-state index < -0.39 is 36.4 Å². The Morgan fingerprint density at radius 2 is 1.57 bits per heavy atom. The maximum Gasteiger partial charge on any atom is 0.408 e. The van der Waals surface area contributed by atoms with Gasteiger partial charge in [-0.25, -0.2) is 4.79 Å². The summed E-state index contributed by atoms with van der Waals surface area (Å²) in [5.41, 5.74) is -0.450. The Morgan fingerprint density at radius 3 is 2.07 bits per heavy atom. The van der Waals surface area contributed by atoms with Crippen molar-refractivity contribution in [3.05, 3.63) is 35.9 Å². The van der Waals surface area contributed by atoms with E-state index in [1.807, 2.05) is 30.3 Å². The molecule has 0 aromatic heterocycles. The van der Waals surface area contributed by atoms with Crippen molar-refractivity contribution in [2.45, 2.75) is 78.3 Å². The van der Waals surface area contributed by atoms with Gasteiger partial charge in [0.1, 0.15) is 17.0 Å². The second kappa shape index (κ2) is 11.0. The zero-order valence-corrected chi connectivity index (χ0v) is 20.1. The highest BCUT2D eigenvalue weighted by molar-refractivity contribution is 7.59. The second-order valence-electron chi connectivity index (χ2n) is 9.06.